The van der Waals surface area contributed by atoms with Crippen molar-refractivity contribution >= 4 is 14.0 Å². The monoisotopic (exact) mass is 448 g/mol. The molecule has 2 rings (SSSR count). The van der Waals surface area contributed by atoms with Gasteiger partial charge in [-0.1, -0.05) is 39.0 Å². The number of halogens is 5. The first kappa shape index (κ1) is 24.5. The third-order valence-corrected chi connectivity index (χ3v) is 6.97. The van der Waals surface area contributed by atoms with Gasteiger partial charge in [-0.25, -0.2) is 22.0 Å². The summed E-state index contributed by atoms with van der Waals surface area (Å²) in [5.41, 5.74) is -1.19. The van der Waals surface area contributed by atoms with Crippen LogP contribution < -0.4 is 5.19 Å². The first-order chi connectivity index (χ1) is 14.3. The molecule has 0 spiro atoms. The quantitative estimate of drug-likeness (QED) is 0.197. The third-order valence-electron chi connectivity index (χ3n) is 4.20. The van der Waals surface area contributed by atoms with E-state index in [1.165, 1.54) is 18.2 Å². The Morgan fingerprint density at radius 1 is 0.667 bits per heavy atom. The Bertz CT molecular complexity index is 812. The minimum absolute atomic E-state index is 0.183. The molecule has 0 N–H and O–H groups in total. The van der Waals surface area contributed by atoms with E-state index in [-0.39, 0.29) is 5.56 Å². The molecule has 0 aliphatic heterocycles. The summed E-state index contributed by atoms with van der Waals surface area (Å²) in [6.07, 6.45) is 2.03. The van der Waals surface area contributed by atoms with Crippen LogP contribution in [0.3, 0.4) is 0 Å². The van der Waals surface area contributed by atoms with Crippen molar-refractivity contribution in [3.63, 3.8) is 0 Å². The smallest absolute Gasteiger partial charge is 0.370 e. The lowest BCUT2D eigenvalue weighted by molar-refractivity contribution is 0.0732. The Labute approximate surface area is 174 Å². The lowest BCUT2D eigenvalue weighted by Crippen LogP contribution is -2.57. The van der Waals surface area contributed by atoms with Gasteiger partial charge >= 0.3 is 8.80 Å². The van der Waals surface area contributed by atoms with E-state index in [1.807, 2.05) is 20.8 Å². The van der Waals surface area contributed by atoms with Crippen LogP contribution in [0.1, 0.15) is 40.0 Å². The van der Waals surface area contributed by atoms with Crippen molar-refractivity contribution in [2.45, 2.75) is 40.0 Å². The van der Waals surface area contributed by atoms with Crippen molar-refractivity contribution in [2.24, 2.45) is 0 Å². The molecule has 0 bridgehead atoms. The van der Waals surface area contributed by atoms with E-state index >= 15 is 0 Å². The molecule has 0 aliphatic rings. The lowest BCUT2D eigenvalue weighted by Gasteiger charge is -2.30. The Morgan fingerprint density at radius 2 is 1.10 bits per heavy atom. The summed E-state index contributed by atoms with van der Waals surface area (Å²) < 4.78 is 87.4. The number of benzene rings is 2. The Hall–Kier alpha value is -1.81. The van der Waals surface area contributed by atoms with Crippen molar-refractivity contribution in [1.82, 2.24) is 0 Å². The topological polar surface area (TPSA) is 27.7 Å². The first-order valence-electron chi connectivity index (χ1n) is 9.87. The van der Waals surface area contributed by atoms with Crippen molar-refractivity contribution < 1.29 is 35.2 Å². The van der Waals surface area contributed by atoms with Crippen LogP contribution in [0.4, 0.5) is 22.0 Å². The molecule has 0 aliphatic carbocycles. The van der Waals surface area contributed by atoms with Crippen LogP contribution in [0.2, 0.25) is 0 Å². The van der Waals surface area contributed by atoms with Crippen LogP contribution in [0.25, 0.3) is 11.1 Å². The van der Waals surface area contributed by atoms with Gasteiger partial charge in [0, 0.05) is 25.0 Å². The van der Waals surface area contributed by atoms with Crippen LogP contribution in [-0.4, -0.2) is 28.6 Å². The molecule has 2 aromatic carbocycles. The molecular weight excluding hydrogens is 423 g/mol. The van der Waals surface area contributed by atoms with Crippen LogP contribution in [-0.2, 0) is 13.3 Å². The van der Waals surface area contributed by atoms with Gasteiger partial charge in [0.25, 0.3) is 0 Å². The fourth-order valence-corrected chi connectivity index (χ4v) is 5.61. The number of rotatable bonds is 11. The van der Waals surface area contributed by atoms with E-state index in [0.717, 1.165) is 0 Å². The van der Waals surface area contributed by atoms with E-state index in [2.05, 4.69) is 0 Å². The average molecular weight is 449 g/mol. The second-order valence-electron chi connectivity index (χ2n) is 6.63. The van der Waals surface area contributed by atoms with Gasteiger partial charge in [-0.2, -0.15) is 0 Å². The molecule has 0 unspecified atom stereocenters. The summed E-state index contributed by atoms with van der Waals surface area (Å²) in [4.78, 5) is 0. The highest BCUT2D eigenvalue weighted by Crippen LogP contribution is 2.31. The molecule has 0 aromatic heterocycles. The fraction of sp³-hybridized carbons (Fsp3) is 0.429. The van der Waals surface area contributed by atoms with Crippen LogP contribution in [0.5, 0.6) is 0 Å². The molecule has 0 atom stereocenters. The van der Waals surface area contributed by atoms with Gasteiger partial charge in [0.05, 0.1) is 5.56 Å². The molecule has 0 fully saturated rings. The Morgan fingerprint density at radius 3 is 1.53 bits per heavy atom. The summed E-state index contributed by atoms with van der Waals surface area (Å²) >= 11 is 0. The minimum Gasteiger partial charge on any atom is -0.370 e. The zero-order valence-corrected chi connectivity index (χ0v) is 18.2. The average Bonchev–Trinajstić information content (AvgIpc) is 2.76. The van der Waals surface area contributed by atoms with E-state index in [4.69, 9.17) is 13.3 Å². The predicted molar refractivity (Wildman–Crippen MR) is 106 cm³/mol. The normalized spacial score (nSPS) is 11.9. The highest BCUT2D eigenvalue weighted by atomic mass is 28.4. The lowest BCUT2D eigenvalue weighted by atomic mass is 10.0. The molecule has 30 heavy (non-hydrogen) atoms. The van der Waals surface area contributed by atoms with Gasteiger partial charge in [0.1, 0.15) is 0 Å². The molecule has 9 heteroatoms. The minimum atomic E-state index is -3.48. The summed E-state index contributed by atoms with van der Waals surface area (Å²) in [5, 5.41) is 0.388. The second-order valence-corrected chi connectivity index (χ2v) is 9.18. The highest BCUT2D eigenvalue weighted by Gasteiger charge is 2.44. The first-order valence-corrected chi connectivity index (χ1v) is 11.6. The zero-order chi connectivity index (χ0) is 22.3. The summed E-state index contributed by atoms with van der Waals surface area (Å²) in [6, 6.07) is 5.64. The molecule has 2 aromatic rings. The van der Waals surface area contributed by atoms with Crippen LogP contribution in [0, 0.1) is 29.1 Å². The van der Waals surface area contributed by atoms with Gasteiger partial charge in [0.2, 0.25) is 5.82 Å². The van der Waals surface area contributed by atoms with Crippen molar-refractivity contribution in [2.75, 3.05) is 19.8 Å². The molecule has 0 heterocycles. The van der Waals surface area contributed by atoms with Crippen molar-refractivity contribution in [3.8, 4) is 11.1 Å². The standard InChI is InChI=1S/C21H25F5O3Si/c1-4-10-27-30(28-11-5-2,29-12-6-3)15-9-7-8-14(13-15)16-17(22)19(24)21(26)20(25)18(16)23/h7-9,13H,4-6,10-12H2,1-3H3. The Balaban J connectivity index is 2.63. The van der Waals surface area contributed by atoms with E-state index in [1.54, 1.807) is 6.07 Å². The number of hydrogen-bond donors (Lipinski definition) is 0. The molecule has 0 saturated heterocycles. The predicted octanol–water partition coefficient (Wildman–Crippen LogP) is 5.47. The van der Waals surface area contributed by atoms with Gasteiger partial charge in [-0.05, 0) is 30.9 Å². The van der Waals surface area contributed by atoms with Crippen molar-refractivity contribution in [3.05, 3.63) is 53.4 Å². The van der Waals surface area contributed by atoms with Crippen molar-refractivity contribution in [1.29, 1.82) is 0 Å². The maximum absolute atomic E-state index is 14.3. The molecule has 166 valence electrons. The second kappa shape index (κ2) is 11.0. The highest BCUT2D eigenvalue weighted by molar-refractivity contribution is 6.75. The van der Waals surface area contributed by atoms with Gasteiger partial charge < -0.3 is 13.3 Å². The van der Waals surface area contributed by atoms with E-state index in [0.29, 0.717) is 44.3 Å². The SMILES string of the molecule is CCCO[Si](OCCC)(OCCC)c1cccc(-c2c(F)c(F)c(F)c(F)c2F)c1. The zero-order valence-electron chi connectivity index (χ0n) is 17.2. The molecule has 0 saturated carbocycles. The maximum atomic E-state index is 14.3. The largest absolute Gasteiger partial charge is 0.537 e. The summed E-state index contributed by atoms with van der Waals surface area (Å²) in [5.74, 6) is -9.98. The van der Waals surface area contributed by atoms with Gasteiger partial charge in [0.15, 0.2) is 23.3 Å². The summed E-state index contributed by atoms with van der Waals surface area (Å²) in [7, 11) is -3.48. The van der Waals surface area contributed by atoms with E-state index < -0.39 is 43.5 Å². The maximum Gasteiger partial charge on any atom is 0.537 e. The summed E-state index contributed by atoms with van der Waals surface area (Å²) in [6.45, 7) is 6.70. The van der Waals surface area contributed by atoms with Gasteiger partial charge in [-0.3, -0.25) is 0 Å². The van der Waals surface area contributed by atoms with Crippen LogP contribution in [0.15, 0.2) is 24.3 Å². The molecule has 3 nitrogen and oxygen atoms in total. The fourth-order valence-electron chi connectivity index (χ4n) is 2.81. The van der Waals surface area contributed by atoms with Crippen LogP contribution >= 0.6 is 0 Å². The third kappa shape index (κ3) is 5.08. The molecule has 0 radical (unpaired) electrons. The number of hydrogen-bond acceptors (Lipinski definition) is 3. The van der Waals surface area contributed by atoms with Gasteiger partial charge in [-0.15, -0.1) is 0 Å². The van der Waals surface area contributed by atoms with E-state index in [9.17, 15) is 22.0 Å². The molecule has 0 amide bonds. The molecular formula is C21H25F5O3Si. The Kier molecular flexibility index (Phi) is 8.96.